The summed E-state index contributed by atoms with van der Waals surface area (Å²) in [6, 6.07) is -0.945. The zero-order chi connectivity index (χ0) is 15.2. The van der Waals surface area contributed by atoms with E-state index < -0.39 is 12.0 Å². The van der Waals surface area contributed by atoms with E-state index in [1.54, 1.807) is 0 Å². The molecule has 0 aromatic heterocycles. The van der Waals surface area contributed by atoms with Crippen molar-refractivity contribution in [1.82, 2.24) is 5.32 Å². The number of carbonyl (C=O) groups excluding carboxylic acids is 1. The van der Waals surface area contributed by atoms with Crippen molar-refractivity contribution < 1.29 is 14.7 Å². The van der Waals surface area contributed by atoms with Crippen molar-refractivity contribution in [1.29, 1.82) is 0 Å². The Bertz CT molecular complexity index is 308. The van der Waals surface area contributed by atoms with Gasteiger partial charge in [0.15, 0.2) is 0 Å². The molecule has 0 saturated carbocycles. The maximum atomic E-state index is 11.9. The van der Waals surface area contributed by atoms with Crippen LogP contribution in [0.2, 0.25) is 0 Å². The largest absolute Gasteiger partial charge is 0.481 e. The minimum Gasteiger partial charge on any atom is -0.481 e. The molecule has 5 heteroatoms. The van der Waals surface area contributed by atoms with E-state index in [-0.39, 0.29) is 23.8 Å². The first-order valence-corrected chi connectivity index (χ1v) is 6.79. The molecule has 4 N–H and O–H groups in total. The zero-order valence-electron chi connectivity index (χ0n) is 12.7. The molecule has 0 rings (SSSR count). The molecule has 0 aromatic rings. The second-order valence-corrected chi connectivity index (χ2v) is 6.80. The van der Waals surface area contributed by atoms with Crippen molar-refractivity contribution in [3.05, 3.63) is 0 Å². The Kier molecular flexibility index (Phi) is 7.05. The van der Waals surface area contributed by atoms with Gasteiger partial charge in [0, 0.05) is 6.04 Å². The molecule has 2 unspecified atom stereocenters. The highest BCUT2D eigenvalue weighted by Crippen LogP contribution is 2.22. The number of hydrogen-bond donors (Lipinski definition) is 3. The molecule has 1 amide bonds. The number of rotatable bonds is 7. The molecule has 0 aliphatic carbocycles. The Morgan fingerprint density at radius 1 is 1.26 bits per heavy atom. The van der Waals surface area contributed by atoms with Crippen LogP contribution in [0.15, 0.2) is 0 Å². The van der Waals surface area contributed by atoms with Crippen LogP contribution in [0.4, 0.5) is 0 Å². The van der Waals surface area contributed by atoms with Crippen molar-refractivity contribution in [2.24, 2.45) is 17.1 Å². The van der Waals surface area contributed by atoms with Crippen molar-refractivity contribution in [3.63, 3.8) is 0 Å². The molecule has 2 atom stereocenters. The fourth-order valence-electron chi connectivity index (χ4n) is 2.05. The molecular formula is C14H28N2O3. The molecular weight excluding hydrogens is 244 g/mol. The summed E-state index contributed by atoms with van der Waals surface area (Å²) in [5.74, 6) is -0.836. The number of carboxylic acids is 1. The highest BCUT2D eigenvalue weighted by atomic mass is 16.4. The highest BCUT2D eigenvalue weighted by molar-refractivity contribution is 5.82. The van der Waals surface area contributed by atoms with Gasteiger partial charge in [0.05, 0.1) is 12.5 Å². The van der Waals surface area contributed by atoms with Crippen molar-refractivity contribution in [2.45, 2.75) is 66.0 Å². The average molecular weight is 272 g/mol. The van der Waals surface area contributed by atoms with E-state index in [2.05, 4.69) is 5.32 Å². The number of nitrogens with one attached hydrogen (secondary N) is 1. The van der Waals surface area contributed by atoms with Gasteiger partial charge in [0.1, 0.15) is 0 Å². The summed E-state index contributed by atoms with van der Waals surface area (Å²) in [5, 5.41) is 11.7. The van der Waals surface area contributed by atoms with Crippen LogP contribution in [-0.2, 0) is 9.59 Å². The molecule has 0 fully saturated rings. The summed E-state index contributed by atoms with van der Waals surface area (Å²) in [7, 11) is 0. The normalized spacial score (nSPS) is 15.1. The van der Waals surface area contributed by atoms with Crippen LogP contribution in [0.3, 0.4) is 0 Å². The first kappa shape index (κ1) is 17.9. The molecule has 5 nitrogen and oxygen atoms in total. The van der Waals surface area contributed by atoms with Gasteiger partial charge in [-0.25, -0.2) is 0 Å². The zero-order valence-corrected chi connectivity index (χ0v) is 12.7. The van der Waals surface area contributed by atoms with Crippen LogP contribution in [0.5, 0.6) is 0 Å². The van der Waals surface area contributed by atoms with Crippen LogP contribution in [0, 0.1) is 11.3 Å². The smallest absolute Gasteiger partial charge is 0.305 e. The van der Waals surface area contributed by atoms with Crippen LogP contribution >= 0.6 is 0 Å². The molecule has 0 aromatic carbocycles. The van der Waals surface area contributed by atoms with Crippen molar-refractivity contribution >= 4 is 11.9 Å². The molecule has 112 valence electrons. The Labute approximate surface area is 115 Å². The quantitative estimate of drug-likeness (QED) is 0.658. The summed E-state index contributed by atoms with van der Waals surface area (Å²) < 4.78 is 0. The third-order valence-electron chi connectivity index (χ3n) is 2.69. The van der Waals surface area contributed by atoms with Crippen LogP contribution in [-0.4, -0.2) is 29.1 Å². The lowest BCUT2D eigenvalue weighted by molar-refractivity contribution is -0.138. The lowest BCUT2D eigenvalue weighted by atomic mass is 9.87. The fourth-order valence-corrected chi connectivity index (χ4v) is 2.05. The molecule has 0 saturated heterocycles. The number of nitrogens with two attached hydrogens (primary N) is 1. The van der Waals surface area contributed by atoms with Gasteiger partial charge < -0.3 is 16.2 Å². The summed E-state index contributed by atoms with van der Waals surface area (Å²) in [5.41, 5.74) is 5.76. The number of carboxylic acid groups (broad SMARTS) is 1. The summed E-state index contributed by atoms with van der Waals surface area (Å²) in [4.78, 5) is 22.8. The predicted octanol–water partition coefficient (Wildman–Crippen LogP) is 1.76. The minimum atomic E-state index is -0.910. The number of carbonyl (C=O) groups is 2. The predicted molar refractivity (Wildman–Crippen MR) is 75.7 cm³/mol. The number of amides is 1. The van der Waals surface area contributed by atoms with E-state index in [0.717, 1.165) is 0 Å². The number of hydrogen-bond acceptors (Lipinski definition) is 3. The van der Waals surface area contributed by atoms with Gasteiger partial charge >= 0.3 is 5.97 Å². The molecule has 0 aliphatic rings. The Morgan fingerprint density at radius 2 is 1.79 bits per heavy atom. The summed E-state index contributed by atoms with van der Waals surface area (Å²) in [6.45, 7) is 10.0. The molecule has 0 bridgehead atoms. The second kappa shape index (κ2) is 7.48. The van der Waals surface area contributed by atoms with E-state index in [9.17, 15) is 9.59 Å². The van der Waals surface area contributed by atoms with E-state index >= 15 is 0 Å². The third-order valence-corrected chi connectivity index (χ3v) is 2.69. The van der Waals surface area contributed by atoms with Gasteiger partial charge in [-0.1, -0.05) is 34.6 Å². The van der Waals surface area contributed by atoms with E-state index in [4.69, 9.17) is 10.8 Å². The standard InChI is InChI=1S/C14H28N2O3/c1-9(2)6-11(15)13(19)16-10(7-12(17)18)8-14(3,4)5/h9-11H,6-8,15H2,1-5H3,(H,16,19)(H,17,18). The van der Waals surface area contributed by atoms with Crippen molar-refractivity contribution in [3.8, 4) is 0 Å². The van der Waals surface area contributed by atoms with E-state index in [0.29, 0.717) is 18.8 Å². The van der Waals surface area contributed by atoms with Gasteiger partial charge in [-0.05, 0) is 24.2 Å². The minimum absolute atomic E-state index is 0.0461. The fraction of sp³-hybridized carbons (Fsp3) is 0.857. The molecule has 0 heterocycles. The molecule has 0 aliphatic heterocycles. The summed E-state index contributed by atoms with van der Waals surface area (Å²) in [6.07, 6.45) is 1.14. The van der Waals surface area contributed by atoms with Crippen molar-refractivity contribution in [2.75, 3.05) is 0 Å². The summed E-state index contributed by atoms with van der Waals surface area (Å²) >= 11 is 0. The van der Waals surface area contributed by atoms with E-state index in [1.807, 2.05) is 34.6 Å². The lowest BCUT2D eigenvalue weighted by Crippen LogP contribution is -2.47. The Hall–Kier alpha value is -1.10. The Morgan fingerprint density at radius 3 is 2.16 bits per heavy atom. The average Bonchev–Trinajstić information content (AvgIpc) is 2.11. The van der Waals surface area contributed by atoms with E-state index in [1.165, 1.54) is 0 Å². The highest BCUT2D eigenvalue weighted by Gasteiger charge is 2.25. The third kappa shape index (κ3) is 9.47. The topological polar surface area (TPSA) is 92.4 Å². The maximum absolute atomic E-state index is 11.9. The van der Waals surface area contributed by atoms with Gasteiger partial charge in [-0.2, -0.15) is 0 Å². The van der Waals surface area contributed by atoms with Gasteiger partial charge in [-0.15, -0.1) is 0 Å². The first-order chi connectivity index (χ1) is 8.51. The second-order valence-electron chi connectivity index (χ2n) is 6.80. The van der Waals surface area contributed by atoms with Crippen LogP contribution in [0.25, 0.3) is 0 Å². The molecule has 19 heavy (non-hydrogen) atoms. The van der Waals surface area contributed by atoms with Gasteiger partial charge in [0.25, 0.3) is 0 Å². The van der Waals surface area contributed by atoms with Gasteiger partial charge in [-0.3, -0.25) is 9.59 Å². The lowest BCUT2D eigenvalue weighted by Gasteiger charge is -2.27. The van der Waals surface area contributed by atoms with Gasteiger partial charge in [0.2, 0.25) is 5.91 Å². The maximum Gasteiger partial charge on any atom is 0.305 e. The van der Waals surface area contributed by atoms with Crippen LogP contribution in [0.1, 0.15) is 53.9 Å². The number of aliphatic carboxylic acids is 1. The monoisotopic (exact) mass is 272 g/mol. The van der Waals surface area contributed by atoms with Crippen LogP contribution < -0.4 is 11.1 Å². The molecule has 0 radical (unpaired) electrons. The molecule has 0 spiro atoms. The SMILES string of the molecule is CC(C)CC(N)C(=O)NC(CC(=O)O)CC(C)(C)C. The first-order valence-electron chi connectivity index (χ1n) is 6.79. The Balaban J connectivity index is 4.54.